The third kappa shape index (κ3) is 3.48. The van der Waals surface area contributed by atoms with Gasteiger partial charge in [0.2, 0.25) is 0 Å². The standard InChI is InChI=1S/C14H12BrClO/c1-10-4-2-3-5-11(10)9-17-14-7-12(15)6-13(16)8-14/h2-8H,9H2,1H3. The van der Waals surface area contributed by atoms with Crippen LogP contribution in [0.1, 0.15) is 11.1 Å². The maximum atomic E-state index is 5.95. The van der Waals surface area contributed by atoms with Gasteiger partial charge in [-0.15, -0.1) is 0 Å². The molecule has 0 unspecified atom stereocenters. The van der Waals surface area contributed by atoms with Gasteiger partial charge in [-0.3, -0.25) is 0 Å². The van der Waals surface area contributed by atoms with E-state index >= 15 is 0 Å². The van der Waals surface area contributed by atoms with E-state index in [0.717, 1.165) is 10.2 Å². The Hall–Kier alpha value is -0.990. The maximum absolute atomic E-state index is 5.95. The van der Waals surface area contributed by atoms with Crippen molar-refractivity contribution < 1.29 is 4.74 Å². The summed E-state index contributed by atoms with van der Waals surface area (Å²) in [4.78, 5) is 0. The fourth-order valence-corrected chi connectivity index (χ4v) is 2.37. The monoisotopic (exact) mass is 310 g/mol. The topological polar surface area (TPSA) is 9.23 Å². The zero-order valence-corrected chi connectivity index (χ0v) is 11.8. The van der Waals surface area contributed by atoms with Crippen molar-refractivity contribution in [2.24, 2.45) is 0 Å². The summed E-state index contributed by atoms with van der Waals surface area (Å²) < 4.78 is 6.64. The lowest BCUT2D eigenvalue weighted by atomic mass is 10.1. The van der Waals surface area contributed by atoms with Crippen molar-refractivity contribution in [1.29, 1.82) is 0 Å². The summed E-state index contributed by atoms with van der Waals surface area (Å²) >= 11 is 9.34. The van der Waals surface area contributed by atoms with Crippen molar-refractivity contribution in [1.82, 2.24) is 0 Å². The Kier molecular flexibility index (Phi) is 4.08. The van der Waals surface area contributed by atoms with Crippen LogP contribution in [0.3, 0.4) is 0 Å². The first-order valence-electron chi connectivity index (χ1n) is 5.28. The molecular weight excluding hydrogens is 300 g/mol. The van der Waals surface area contributed by atoms with Gasteiger partial charge in [0.25, 0.3) is 0 Å². The second-order valence-corrected chi connectivity index (χ2v) is 5.17. The predicted octanol–water partition coefficient (Wildman–Crippen LogP) is 4.99. The van der Waals surface area contributed by atoms with Crippen LogP contribution in [0.4, 0.5) is 0 Å². The molecule has 0 bridgehead atoms. The van der Waals surface area contributed by atoms with Crippen LogP contribution in [0.15, 0.2) is 46.9 Å². The summed E-state index contributed by atoms with van der Waals surface area (Å²) in [5, 5.41) is 0.666. The number of rotatable bonds is 3. The minimum atomic E-state index is 0.555. The molecule has 0 aliphatic rings. The van der Waals surface area contributed by atoms with E-state index in [1.54, 1.807) is 0 Å². The minimum absolute atomic E-state index is 0.555. The molecule has 0 aliphatic carbocycles. The Bertz CT molecular complexity index is 505. The van der Waals surface area contributed by atoms with Crippen LogP contribution in [-0.2, 0) is 6.61 Å². The molecule has 0 N–H and O–H groups in total. The average Bonchev–Trinajstić information content (AvgIpc) is 2.27. The highest BCUT2D eigenvalue weighted by atomic mass is 79.9. The van der Waals surface area contributed by atoms with E-state index in [0.29, 0.717) is 11.6 Å². The lowest BCUT2D eigenvalue weighted by molar-refractivity contribution is 0.305. The molecule has 0 radical (unpaired) electrons. The lowest BCUT2D eigenvalue weighted by Crippen LogP contribution is -1.97. The van der Waals surface area contributed by atoms with Gasteiger partial charge >= 0.3 is 0 Å². The maximum Gasteiger partial charge on any atom is 0.122 e. The first kappa shape index (κ1) is 12.5. The molecule has 3 heteroatoms. The van der Waals surface area contributed by atoms with Gasteiger partial charge in [-0.2, -0.15) is 0 Å². The molecule has 0 spiro atoms. The van der Waals surface area contributed by atoms with Gasteiger partial charge in [0, 0.05) is 9.50 Å². The zero-order chi connectivity index (χ0) is 12.3. The summed E-state index contributed by atoms with van der Waals surface area (Å²) in [5.74, 6) is 0.771. The minimum Gasteiger partial charge on any atom is -0.489 e. The van der Waals surface area contributed by atoms with Crippen molar-refractivity contribution in [3.8, 4) is 5.75 Å². The number of benzene rings is 2. The quantitative estimate of drug-likeness (QED) is 0.776. The molecule has 2 aromatic carbocycles. The van der Waals surface area contributed by atoms with Gasteiger partial charge in [0.15, 0.2) is 0 Å². The average molecular weight is 312 g/mol. The Morgan fingerprint density at radius 2 is 1.94 bits per heavy atom. The molecule has 0 aromatic heterocycles. The first-order valence-corrected chi connectivity index (χ1v) is 6.45. The van der Waals surface area contributed by atoms with Gasteiger partial charge < -0.3 is 4.74 Å². The van der Waals surface area contributed by atoms with E-state index in [9.17, 15) is 0 Å². The smallest absolute Gasteiger partial charge is 0.122 e. The van der Waals surface area contributed by atoms with Gasteiger partial charge in [-0.05, 0) is 36.2 Å². The molecule has 0 saturated heterocycles. The van der Waals surface area contributed by atoms with Crippen LogP contribution in [-0.4, -0.2) is 0 Å². The second-order valence-electron chi connectivity index (χ2n) is 3.82. The third-order valence-corrected chi connectivity index (χ3v) is 3.17. The molecule has 17 heavy (non-hydrogen) atoms. The molecule has 0 fully saturated rings. The molecule has 0 atom stereocenters. The summed E-state index contributed by atoms with van der Waals surface area (Å²) in [5.41, 5.74) is 2.41. The Balaban J connectivity index is 2.10. The number of hydrogen-bond acceptors (Lipinski definition) is 1. The van der Waals surface area contributed by atoms with Crippen molar-refractivity contribution in [3.63, 3.8) is 0 Å². The molecule has 0 amide bonds. The normalized spacial score (nSPS) is 10.3. The van der Waals surface area contributed by atoms with Gasteiger partial charge in [0.05, 0.1) is 0 Å². The highest BCUT2D eigenvalue weighted by Gasteiger charge is 2.01. The van der Waals surface area contributed by atoms with Crippen molar-refractivity contribution in [2.75, 3.05) is 0 Å². The molecule has 88 valence electrons. The molecule has 2 rings (SSSR count). The fourth-order valence-electron chi connectivity index (χ4n) is 1.54. The van der Waals surface area contributed by atoms with E-state index in [1.165, 1.54) is 11.1 Å². The SMILES string of the molecule is Cc1ccccc1COc1cc(Cl)cc(Br)c1. The number of hydrogen-bond donors (Lipinski definition) is 0. The number of ether oxygens (including phenoxy) is 1. The van der Waals surface area contributed by atoms with Gasteiger partial charge in [-0.25, -0.2) is 0 Å². The van der Waals surface area contributed by atoms with Crippen molar-refractivity contribution in [3.05, 3.63) is 63.1 Å². The lowest BCUT2D eigenvalue weighted by Gasteiger charge is -2.09. The van der Waals surface area contributed by atoms with Crippen molar-refractivity contribution in [2.45, 2.75) is 13.5 Å². The highest BCUT2D eigenvalue weighted by molar-refractivity contribution is 9.10. The molecular formula is C14H12BrClO. The second kappa shape index (κ2) is 5.56. The number of aryl methyl sites for hydroxylation is 1. The summed E-state index contributed by atoms with van der Waals surface area (Å²) in [6, 6.07) is 13.7. The summed E-state index contributed by atoms with van der Waals surface area (Å²) in [6.45, 7) is 2.63. The van der Waals surface area contributed by atoms with Gasteiger partial charge in [0.1, 0.15) is 12.4 Å². The summed E-state index contributed by atoms with van der Waals surface area (Å²) in [6.07, 6.45) is 0. The van der Waals surface area contributed by atoms with Crippen LogP contribution >= 0.6 is 27.5 Å². The zero-order valence-electron chi connectivity index (χ0n) is 9.41. The molecule has 1 nitrogen and oxygen atoms in total. The molecule has 0 saturated carbocycles. The Labute approximate surface area is 115 Å². The van der Waals surface area contributed by atoms with E-state index in [-0.39, 0.29) is 0 Å². The predicted molar refractivity (Wildman–Crippen MR) is 74.7 cm³/mol. The first-order chi connectivity index (χ1) is 8.15. The van der Waals surface area contributed by atoms with E-state index in [4.69, 9.17) is 16.3 Å². The van der Waals surface area contributed by atoms with Gasteiger partial charge in [-0.1, -0.05) is 51.8 Å². The van der Waals surface area contributed by atoms with Crippen LogP contribution in [0, 0.1) is 6.92 Å². The highest BCUT2D eigenvalue weighted by Crippen LogP contribution is 2.25. The largest absolute Gasteiger partial charge is 0.489 e. The van der Waals surface area contributed by atoms with Crippen LogP contribution < -0.4 is 4.74 Å². The molecule has 0 heterocycles. The van der Waals surface area contributed by atoms with Crippen molar-refractivity contribution >= 4 is 27.5 Å². The summed E-state index contributed by atoms with van der Waals surface area (Å²) in [7, 11) is 0. The Morgan fingerprint density at radius 1 is 1.18 bits per heavy atom. The third-order valence-electron chi connectivity index (χ3n) is 2.49. The van der Waals surface area contributed by atoms with E-state index in [1.807, 2.05) is 30.3 Å². The molecule has 2 aromatic rings. The van der Waals surface area contributed by atoms with Crippen LogP contribution in [0.25, 0.3) is 0 Å². The number of halogens is 2. The van der Waals surface area contributed by atoms with E-state index in [2.05, 4.69) is 35.0 Å². The van der Waals surface area contributed by atoms with E-state index < -0.39 is 0 Å². The Morgan fingerprint density at radius 3 is 2.65 bits per heavy atom. The van der Waals surface area contributed by atoms with Crippen LogP contribution in [0.2, 0.25) is 5.02 Å². The fraction of sp³-hybridized carbons (Fsp3) is 0.143. The molecule has 0 aliphatic heterocycles. The van der Waals surface area contributed by atoms with Crippen LogP contribution in [0.5, 0.6) is 5.75 Å².